The fourth-order valence-electron chi connectivity index (χ4n) is 1.43. The van der Waals surface area contributed by atoms with Crippen molar-refractivity contribution >= 4 is 18.6 Å². The van der Waals surface area contributed by atoms with E-state index in [1.165, 1.54) is 0 Å². The minimum atomic E-state index is -0.903. The van der Waals surface area contributed by atoms with Crippen LogP contribution < -0.4 is 5.43 Å². The van der Waals surface area contributed by atoms with E-state index >= 15 is 0 Å². The van der Waals surface area contributed by atoms with E-state index in [9.17, 15) is 4.79 Å². The number of hydrogen-bond acceptors (Lipinski definition) is 6. The highest BCUT2D eigenvalue weighted by Crippen LogP contribution is 2.13. The molecule has 2 atom stereocenters. The Morgan fingerprint density at radius 2 is 2.29 bits per heavy atom. The summed E-state index contributed by atoms with van der Waals surface area (Å²) in [4.78, 5) is 12.2. The van der Waals surface area contributed by atoms with Gasteiger partial charge in [-0.05, 0) is 12.4 Å². The second kappa shape index (κ2) is 4.94. The van der Waals surface area contributed by atoms with Gasteiger partial charge in [0.1, 0.15) is 0 Å². The number of carbonyl (C=O) groups is 1. The molecule has 0 saturated carbocycles. The first-order chi connectivity index (χ1) is 6.56. The van der Waals surface area contributed by atoms with E-state index in [2.05, 4.69) is 5.43 Å². The Hall–Kier alpha value is -0.340. The van der Waals surface area contributed by atoms with Gasteiger partial charge in [0.15, 0.2) is 0 Å². The van der Waals surface area contributed by atoms with Crippen molar-refractivity contribution in [1.82, 2.24) is 15.3 Å². The fraction of sp³-hybridized carbons (Fsp3) is 0.857. The molecule has 14 heavy (non-hydrogen) atoms. The summed E-state index contributed by atoms with van der Waals surface area (Å²) in [5, 5.41) is 19.1. The van der Waals surface area contributed by atoms with Gasteiger partial charge < -0.3 is 22.8 Å². The highest BCUT2D eigenvalue weighted by atomic mass is 32.1. The molecule has 0 radical (unpaired) electrons. The lowest BCUT2D eigenvalue weighted by Gasteiger charge is -2.28. The molecule has 0 aromatic rings. The number of aliphatic hydroxyl groups excluding tert-OH is 1. The van der Waals surface area contributed by atoms with E-state index in [-0.39, 0.29) is 19.3 Å². The zero-order valence-electron chi connectivity index (χ0n) is 7.88. The molecule has 0 amide bonds. The van der Waals surface area contributed by atoms with Gasteiger partial charge in [0.25, 0.3) is 0 Å². The Morgan fingerprint density at radius 1 is 1.64 bits per heavy atom. The molecule has 1 aliphatic rings. The maximum Gasteiger partial charge on any atom is 0.317 e. The predicted octanol–water partition coefficient (Wildman–Crippen LogP) is -1.64. The standard InChI is InChI=1S/C7H15N3O3S/c1-5-9(4-6(12)13)7(14)8-10(5)2-3-11/h5,7-8,11,14H,2-4H2,1H3,(H,12,13)/p-1. The normalized spacial score (nSPS) is 29.6. The van der Waals surface area contributed by atoms with Gasteiger partial charge in [-0.1, -0.05) is 0 Å². The Labute approximate surface area is 87.9 Å². The van der Waals surface area contributed by atoms with Crippen molar-refractivity contribution in [2.24, 2.45) is 0 Å². The van der Waals surface area contributed by atoms with Crippen molar-refractivity contribution in [3.8, 4) is 0 Å². The summed E-state index contributed by atoms with van der Waals surface area (Å²) in [6.45, 7) is 2.20. The number of carboxylic acid groups (broad SMARTS) is 1. The van der Waals surface area contributed by atoms with Crippen LogP contribution in [0.2, 0.25) is 0 Å². The number of hydrazine groups is 1. The molecule has 1 saturated heterocycles. The first-order valence-electron chi connectivity index (χ1n) is 4.33. The highest BCUT2D eigenvalue weighted by Gasteiger charge is 2.30. The number of β-amino-alcohol motifs (C(OH)–C–C–N with tert-alkyl or cyclic N) is 1. The molecule has 7 heteroatoms. The zero-order chi connectivity index (χ0) is 10.7. The molecule has 3 N–H and O–H groups in total. The van der Waals surface area contributed by atoms with Crippen LogP contribution in [0.5, 0.6) is 0 Å². The number of nitrogens with zero attached hydrogens (tertiary/aromatic N) is 2. The van der Waals surface area contributed by atoms with Gasteiger partial charge in [0, 0.05) is 6.54 Å². The van der Waals surface area contributed by atoms with Gasteiger partial charge >= 0.3 is 5.97 Å². The zero-order valence-corrected chi connectivity index (χ0v) is 8.70. The van der Waals surface area contributed by atoms with Crippen LogP contribution >= 0.6 is 0 Å². The first-order valence-corrected chi connectivity index (χ1v) is 4.80. The van der Waals surface area contributed by atoms with Gasteiger partial charge in [0.05, 0.1) is 19.3 Å². The molecule has 6 nitrogen and oxygen atoms in total. The van der Waals surface area contributed by atoms with E-state index in [1.807, 2.05) is 6.92 Å². The van der Waals surface area contributed by atoms with Gasteiger partial charge in [-0.3, -0.25) is 15.1 Å². The van der Waals surface area contributed by atoms with E-state index in [0.717, 1.165) is 0 Å². The number of nitrogens with one attached hydrogen (secondary N) is 1. The molecule has 0 aliphatic carbocycles. The van der Waals surface area contributed by atoms with Crippen LogP contribution in [0.15, 0.2) is 0 Å². The maximum absolute atomic E-state index is 10.5. The third kappa shape index (κ3) is 2.58. The second-order valence-electron chi connectivity index (χ2n) is 3.10. The topological polar surface area (TPSA) is 76.0 Å². The summed E-state index contributed by atoms with van der Waals surface area (Å²) in [7, 11) is 0. The Morgan fingerprint density at radius 3 is 2.79 bits per heavy atom. The molecule has 0 aromatic carbocycles. The minimum absolute atomic E-state index is 0.0142. The summed E-state index contributed by atoms with van der Waals surface area (Å²) in [5.41, 5.74) is 2.49. The van der Waals surface area contributed by atoms with Crippen LogP contribution in [0.25, 0.3) is 0 Å². The molecular weight excluding hydrogens is 206 g/mol. The number of aliphatic hydroxyl groups is 1. The van der Waals surface area contributed by atoms with Crippen LogP contribution in [0.4, 0.5) is 0 Å². The average Bonchev–Trinajstić information content (AvgIpc) is 2.33. The summed E-state index contributed by atoms with van der Waals surface area (Å²) in [6.07, 6.45) is -0.110. The monoisotopic (exact) mass is 220 g/mol. The molecule has 82 valence electrons. The van der Waals surface area contributed by atoms with Crippen molar-refractivity contribution in [2.75, 3.05) is 19.7 Å². The molecule has 0 spiro atoms. The van der Waals surface area contributed by atoms with Crippen molar-refractivity contribution in [3.63, 3.8) is 0 Å². The lowest BCUT2D eigenvalue weighted by atomic mass is 10.4. The summed E-state index contributed by atoms with van der Waals surface area (Å²) < 4.78 is 0. The Kier molecular flexibility index (Phi) is 4.14. The summed E-state index contributed by atoms with van der Waals surface area (Å²) in [6, 6.07) is 0. The highest BCUT2D eigenvalue weighted by molar-refractivity contribution is 7.59. The van der Waals surface area contributed by atoms with Crippen molar-refractivity contribution in [2.45, 2.75) is 18.6 Å². The average molecular weight is 220 g/mol. The van der Waals surface area contributed by atoms with Crippen molar-refractivity contribution in [1.29, 1.82) is 0 Å². The van der Waals surface area contributed by atoms with Gasteiger partial charge in [-0.15, -0.1) is 0 Å². The quantitative estimate of drug-likeness (QED) is 0.491. The third-order valence-corrected chi connectivity index (χ3v) is 2.54. The maximum atomic E-state index is 10.5. The first kappa shape index (κ1) is 11.7. The largest absolute Gasteiger partial charge is 0.757 e. The third-order valence-electron chi connectivity index (χ3n) is 2.17. The molecule has 0 aromatic heterocycles. The van der Waals surface area contributed by atoms with Gasteiger partial charge in [-0.2, -0.15) is 0 Å². The van der Waals surface area contributed by atoms with Crippen molar-refractivity contribution < 1.29 is 15.0 Å². The van der Waals surface area contributed by atoms with Crippen LogP contribution in [0.1, 0.15) is 6.92 Å². The molecular formula is C7H14N3O3S-. The molecule has 2 unspecified atom stereocenters. The Balaban J connectivity index is 2.55. The predicted molar refractivity (Wildman–Crippen MR) is 51.9 cm³/mol. The van der Waals surface area contributed by atoms with Gasteiger partial charge in [-0.25, -0.2) is 5.01 Å². The summed E-state index contributed by atoms with van der Waals surface area (Å²) in [5.74, 6) is -0.903. The van der Waals surface area contributed by atoms with E-state index in [4.69, 9.17) is 22.8 Å². The van der Waals surface area contributed by atoms with Crippen LogP contribution in [0, 0.1) is 0 Å². The van der Waals surface area contributed by atoms with E-state index < -0.39 is 11.5 Å². The van der Waals surface area contributed by atoms with Gasteiger partial charge in [0.2, 0.25) is 0 Å². The SMILES string of the molecule is CC1N(CCO)NC([S-])N1CC(=O)O. The van der Waals surface area contributed by atoms with E-state index in [1.54, 1.807) is 9.91 Å². The number of hydrogen-bond donors (Lipinski definition) is 3. The molecule has 0 bridgehead atoms. The molecule has 1 fully saturated rings. The van der Waals surface area contributed by atoms with Crippen molar-refractivity contribution in [3.05, 3.63) is 0 Å². The molecule has 1 aliphatic heterocycles. The smallest absolute Gasteiger partial charge is 0.317 e. The minimum Gasteiger partial charge on any atom is -0.757 e. The lowest BCUT2D eigenvalue weighted by molar-refractivity contribution is -0.139. The summed E-state index contributed by atoms with van der Waals surface area (Å²) >= 11 is 5.04. The van der Waals surface area contributed by atoms with E-state index in [0.29, 0.717) is 6.54 Å². The van der Waals surface area contributed by atoms with Crippen LogP contribution in [-0.4, -0.2) is 57.5 Å². The molecule has 1 heterocycles. The lowest BCUT2D eigenvalue weighted by Crippen LogP contribution is -2.41. The van der Waals surface area contributed by atoms with Crippen LogP contribution in [-0.2, 0) is 17.4 Å². The number of aliphatic carboxylic acids is 1. The Bertz CT molecular complexity index is 216. The number of rotatable bonds is 4. The van der Waals surface area contributed by atoms with Crippen LogP contribution in [0.3, 0.4) is 0 Å². The number of carboxylic acids is 1. The molecule has 1 rings (SSSR count). The second-order valence-corrected chi connectivity index (χ2v) is 3.54. The fourth-order valence-corrected chi connectivity index (χ4v) is 1.82.